The molecule has 2 aromatic heterocycles. The van der Waals surface area contributed by atoms with Crippen LogP contribution in [0.1, 0.15) is 6.42 Å². The number of fused-ring (bicyclic) bond motifs is 2. The van der Waals surface area contributed by atoms with E-state index in [-0.39, 0.29) is 23.7 Å². The minimum absolute atomic E-state index is 0.0864. The number of aryl methyl sites for hydroxylation is 1. The van der Waals surface area contributed by atoms with Crippen LogP contribution in [0.5, 0.6) is 11.6 Å². The Morgan fingerprint density at radius 2 is 2.10 bits per heavy atom. The van der Waals surface area contributed by atoms with Crippen LogP contribution in [0.4, 0.5) is 4.39 Å². The predicted molar refractivity (Wildman–Crippen MR) is 107 cm³/mol. The van der Waals surface area contributed by atoms with Crippen LogP contribution in [-0.4, -0.2) is 62.7 Å². The van der Waals surface area contributed by atoms with Gasteiger partial charge in [0.15, 0.2) is 6.17 Å². The Morgan fingerprint density at radius 1 is 1.20 bits per heavy atom. The second-order valence-corrected chi connectivity index (χ2v) is 7.74. The van der Waals surface area contributed by atoms with Crippen LogP contribution in [0.25, 0.3) is 22.4 Å². The normalized spacial score (nSPS) is 25.8. The zero-order chi connectivity index (χ0) is 20.7. The maximum Gasteiger partial charge on any atom is 0.233 e. The summed E-state index contributed by atoms with van der Waals surface area (Å²) in [5.74, 6) is 0.355. The van der Waals surface area contributed by atoms with Gasteiger partial charge in [-0.3, -0.25) is 4.68 Å². The van der Waals surface area contributed by atoms with E-state index < -0.39 is 12.3 Å². The second-order valence-electron chi connectivity index (χ2n) is 7.74. The Balaban J connectivity index is 1.31. The number of aromatic hydroxyl groups is 1. The molecule has 3 aromatic rings. The maximum atomic E-state index is 14.6. The number of rotatable bonds is 4. The van der Waals surface area contributed by atoms with Gasteiger partial charge in [0.1, 0.15) is 11.9 Å². The zero-order valence-corrected chi connectivity index (χ0v) is 16.4. The number of ether oxygens (including phenoxy) is 2. The summed E-state index contributed by atoms with van der Waals surface area (Å²) < 4.78 is 27.5. The molecule has 5 rings (SSSR count). The van der Waals surface area contributed by atoms with Gasteiger partial charge >= 0.3 is 0 Å². The number of phenols is 1. The molecule has 0 spiro atoms. The summed E-state index contributed by atoms with van der Waals surface area (Å²) in [6.45, 7) is 0.901. The van der Waals surface area contributed by atoms with E-state index in [2.05, 4.69) is 20.6 Å². The molecule has 0 amide bonds. The van der Waals surface area contributed by atoms with Crippen molar-refractivity contribution in [1.29, 1.82) is 0 Å². The molecule has 0 aliphatic carbocycles. The lowest BCUT2D eigenvalue weighted by Gasteiger charge is -2.41. The number of hydrogen-bond acceptors (Lipinski definition) is 7. The molecule has 0 radical (unpaired) electrons. The van der Waals surface area contributed by atoms with Crippen molar-refractivity contribution in [2.24, 2.45) is 7.05 Å². The van der Waals surface area contributed by atoms with E-state index in [1.807, 2.05) is 19.3 Å². The molecule has 4 atom stereocenters. The number of phenolic OH excluding ortho intramolecular Hbond substituents is 1. The molecule has 2 aliphatic heterocycles. The van der Waals surface area contributed by atoms with Gasteiger partial charge in [-0.05, 0) is 23.8 Å². The number of halogens is 1. The molecule has 0 saturated carbocycles. The van der Waals surface area contributed by atoms with Crippen LogP contribution in [0.15, 0.2) is 42.7 Å². The number of morpholine rings is 1. The summed E-state index contributed by atoms with van der Waals surface area (Å²) in [6, 6.07) is 8.43. The fraction of sp³-hybridized carbons (Fsp3) is 0.381. The first-order valence-electron chi connectivity index (χ1n) is 9.87. The summed E-state index contributed by atoms with van der Waals surface area (Å²) in [5.41, 5.74) is 2.82. The average molecular weight is 411 g/mol. The van der Waals surface area contributed by atoms with Gasteiger partial charge in [0.05, 0.1) is 31.1 Å². The maximum absolute atomic E-state index is 14.6. The Bertz CT molecular complexity index is 1040. The first-order valence-corrected chi connectivity index (χ1v) is 9.87. The Kier molecular flexibility index (Phi) is 4.84. The van der Waals surface area contributed by atoms with Crippen molar-refractivity contribution in [3.05, 3.63) is 42.7 Å². The molecular weight excluding hydrogens is 389 g/mol. The van der Waals surface area contributed by atoms with E-state index in [4.69, 9.17) is 9.47 Å². The van der Waals surface area contributed by atoms with E-state index in [1.165, 1.54) is 0 Å². The Labute approximate surface area is 172 Å². The molecule has 2 fully saturated rings. The van der Waals surface area contributed by atoms with Crippen LogP contribution >= 0.6 is 0 Å². The monoisotopic (exact) mass is 411 g/mol. The number of aromatic nitrogens is 4. The SMILES string of the molecule is Cn1cc(-c2ccc(-c3ccc(O[C@H]4C[C@@H]5COC[C@@H](N5)[C@H]4F)nn3)c(O)c2)cn1. The van der Waals surface area contributed by atoms with Crippen LogP contribution in [-0.2, 0) is 11.8 Å². The van der Waals surface area contributed by atoms with Crippen molar-refractivity contribution in [2.75, 3.05) is 13.2 Å². The lowest BCUT2D eigenvalue weighted by molar-refractivity contribution is -0.0594. The number of nitrogens with zero attached hydrogens (tertiary/aromatic N) is 4. The van der Waals surface area contributed by atoms with Crippen LogP contribution < -0.4 is 10.1 Å². The molecule has 156 valence electrons. The minimum Gasteiger partial charge on any atom is -0.507 e. The Morgan fingerprint density at radius 3 is 2.83 bits per heavy atom. The lowest BCUT2D eigenvalue weighted by atomic mass is 9.93. The highest BCUT2D eigenvalue weighted by Gasteiger charge is 2.42. The van der Waals surface area contributed by atoms with Gasteiger partial charge in [-0.15, -0.1) is 10.2 Å². The van der Waals surface area contributed by atoms with Crippen molar-refractivity contribution >= 4 is 0 Å². The molecule has 4 heterocycles. The molecule has 2 bridgehead atoms. The molecular formula is C21H22FN5O3. The van der Waals surface area contributed by atoms with Crippen LogP contribution in [0, 0.1) is 0 Å². The van der Waals surface area contributed by atoms with Crippen molar-refractivity contribution in [3.63, 3.8) is 0 Å². The van der Waals surface area contributed by atoms with Gasteiger partial charge in [0.2, 0.25) is 5.88 Å². The smallest absolute Gasteiger partial charge is 0.233 e. The standard InChI is InChI=1S/C21H22FN5O3/c1-27-9-13(8-23-27)12-2-3-15(18(28)6-12)16-4-5-20(26-25-16)30-19-7-14-10-29-11-17(24-14)21(19)22/h2-6,8-9,14,17,19,21,24,28H,7,10-11H2,1H3/t14-,17-,19+,21-/m1/s1. The number of hydrogen-bond donors (Lipinski definition) is 2. The molecule has 30 heavy (non-hydrogen) atoms. The summed E-state index contributed by atoms with van der Waals surface area (Å²) in [6.07, 6.45) is 2.36. The first kappa shape index (κ1) is 19.0. The predicted octanol–water partition coefficient (Wildman–Crippen LogP) is 2.10. The largest absolute Gasteiger partial charge is 0.507 e. The van der Waals surface area contributed by atoms with Gasteiger partial charge < -0.3 is 19.9 Å². The van der Waals surface area contributed by atoms with Crippen molar-refractivity contribution in [1.82, 2.24) is 25.3 Å². The Hall–Kier alpha value is -3.04. The number of alkyl halides is 1. The number of piperidine rings is 1. The number of benzene rings is 1. The first-order chi connectivity index (χ1) is 14.6. The molecule has 2 N–H and O–H groups in total. The van der Waals surface area contributed by atoms with Gasteiger partial charge in [-0.2, -0.15) is 5.10 Å². The molecule has 9 heteroatoms. The zero-order valence-electron chi connectivity index (χ0n) is 16.4. The van der Waals surface area contributed by atoms with Crippen LogP contribution in [0.3, 0.4) is 0 Å². The van der Waals surface area contributed by atoms with E-state index in [0.717, 1.165) is 11.1 Å². The summed E-state index contributed by atoms with van der Waals surface area (Å²) >= 11 is 0. The fourth-order valence-electron chi connectivity index (χ4n) is 4.02. The second kappa shape index (κ2) is 7.66. The lowest BCUT2D eigenvalue weighted by Crippen LogP contribution is -2.62. The highest BCUT2D eigenvalue weighted by Crippen LogP contribution is 2.33. The van der Waals surface area contributed by atoms with Gasteiger partial charge in [-0.1, -0.05) is 6.07 Å². The van der Waals surface area contributed by atoms with Crippen molar-refractivity contribution in [3.8, 4) is 34.0 Å². The van der Waals surface area contributed by atoms with Crippen molar-refractivity contribution < 1.29 is 19.0 Å². The summed E-state index contributed by atoms with van der Waals surface area (Å²) in [7, 11) is 1.84. The van der Waals surface area contributed by atoms with Gasteiger partial charge in [0, 0.05) is 42.9 Å². The van der Waals surface area contributed by atoms with Crippen molar-refractivity contribution in [2.45, 2.75) is 30.8 Å². The molecule has 1 aromatic carbocycles. The molecule has 0 unspecified atom stereocenters. The van der Waals surface area contributed by atoms with E-state index >= 15 is 0 Å². The topological polar surface area (TPSA) is 94.3 Å². The van der Waals surface area contributed by atoms with Crippen LogP contribution in [0.2, 0.25) is 0 Å². The van der Waals surface area contributed by atoms with Gasteiger partial charge in [-0.25, -0.2) is 4.39 Å². The average Bonchev–Trinajstić information content (AvgIpc) is 3.19. The van der Waals surface area contributed by atoms with Gasteiger partial charge in [0.25, 0.3) is 0 Å². The van der Waals surface area contributed by atoms with E-state index in [0.29, 0.717) is 30.9 Å². The molecule has 2 saturated heterocycles. The minimum atomic E-state index is -1.17. The molecule has 2 aliphatic rings. The fourth-order valence-corrected chi connectivity index (χ4v) is 4.02. The third kappa shape index (κ3) is 3.61. The third-order valence-electron chi connectivity index (χ3n) is 5.55. The van der Waals surface area contributed by atoms with E-state index in [9.17, 15) is 9.50 Å². The highest BCUT2D eigenvalue weighted by atomic mass is 19.1. The highest BCUT2D eigenvalue weighted by molar-refractivity contribution is 5.73. The molecule has 8 nitrogen and oxygen atoms in total. The quantitative estimate of drug-likeness (QED) is 0.679. The third-order valence-corrected chi connectivity index (χ3v) is 5.55. The summed E-state index contributed by atoms with van der Waals surface area (Å²) in [4.78, 5) is 0. The van der Waals surface area contributed by atoms with E-state index in [1.54, 1.807) is 35.1 Å². The summed E-state index contributed by atoms with van der Waals surface area (Å²) in [5, 5.41) is 26.1. The number of nitrogens with one attached hydrogen (secondary N) is 1.